The van der Waals surface area contributed by atoms with Crippen molar-refractivity contribution in [3.63, 3.8) is 0 Å². The third-order valence-corrected chi connectivity index (χ3v) is 7.88. The van der Waals surface area contributed by atoms with E-state index in [2.05, 4.69) is 36.4 Å². The van der Waals surface area contributed by atoms with Crippen LogP contribution in [0.25, 0.3) is 43.1 Å². The van der Waals surface area contributed by atoms with Gasteiger partial charge in [0.15, 0.2) is 5.41 Å². The summed E-state index contributed by atoms with van der Waals surface area (Å²) < 4.78 is 10.8. The molecule has 6 rings (SSSR count). The molecule has 0 spiro atoms. The van der Waals surface area contributed by atoms with Crippen LogP contribution in [-0.2, 0) is 31.9 Å². The summed E-state index contributed by atoms with van der Waals surface area (Å²) in [4.78, 5) is 27.7. The van der Waals surface area contributed by atoms with E-state index in [0.29, 0.717) is 0 Å². The number of benzene rings is 6. The molecule has 0 aromatic heterocycles. The van der Waals surface area contributed by atoms with E-state index in [9.17, 15) is 9.59 Å². The first-order chi connectivity index (χ1) is 19.1. The van der Waals surface area contributed by atoms with E-state index in [-0.39, 0.29) is 12.8 Å². The lowest BCUT2D eigenvalue weighted by Crippen LogP contribution is -2.45. The number of esters is 2. The Hall–Kier alpha value is -4.70. The Bertz CT molecular complexity index is 1640. The molecule has 0 radical (unpaired) electrons. The van der Waals surface area contributed by atoms with Gasteiger partial charge in [0, 0.05) is 12.8 Å². The summed E-state index contributed by atoms with van der Waals surface area (Å²) in [6.45, 7) is 0. The van der Waals surface area contributed by atoms with Crippen molar-refractivity contribution in [3.05, 3.63) is 120 Å². The topological polar surface area (TPSA) is 52.6 Å². The predicted octanol–water partition coefficient (Wildman–Crippen LogP) is 7.42. The lowest BCUT2D eigenvalue weighted by Gasteiger charge is -2.30. The molecule has 0 saturated carbocycles. The minimum atomic E-state index is -1.61. The first-order valence-electron chi connectivity index (χ1n) is 13.0. The van der Waals surface area contributed by atoms with Gasteiger partial charge in [-0.15, -0.1) is 0 Å². The minimum absolute atomic E-state index is 0.131. The minimum Gasteiger partial charge on any atom is -0.468 e. The number of hydrogen-bond acceptors (Lipinski definition) is 4. The number of ether oxygens (including phenoxy) is 2. The van der Waals surface area contributed by atoms with E-state index >= 15 is 0 Å². The maximum absolute atomic E-state index is 13.9. The highest BCUT2D eigenvalue weighted by Crippen LogP contribution is 2.40. The first kappa shape index (κ1) is 24.6. The zero-order valence-corrected chi connectivity index (χ0v) is 21.9. The zero-order valence-electron chi connectivity index (χ0n) is 21.9. The lowest BCUT2D eigenvalue weighted by molar-refractivity contribution is -0.169. The van der Waals surface area contributed by atoms with E-state index in [4.69, 9.17) is 9.47 Å². The molecule has 0 amide bonds. The molecule has 0 aliphatic rings. The summed E-state index contributed by atoms with van der Waals surface area (Å²) in [7, 11) is 2.67. The Kier molecular flexibility index (Phi) is 6.24. The van der Waals surface area contributed by atoms with Gasteiger partial charge in [0.2, 0.25) is 0 Å². The van der Waals surface area contributed by atoms with E-state index in [1.165, 1.54) is 14.2 Å². The highest BCUT2D eigenvalue weighted by molar-refractivity contribution is 6.08. The molecule has 0 unspecified atom stereocenters. The summed E-state index contributed by atoms with van der Waals surface area (Å²) in [5.74, 6) is -1.22. The Morgan fingerprint density at radius 1 is 0.513 bits per heavy atom. The fourth-order valence-corrected chi connectivity index (χ4v) is 6.03. The largest absolute Gasteiger partial charge is 0.468 e. The molecular formula is C35H28O4. The second-order valence-electron chi connectivity index (χ2n) is 10.0. The Morgan fingerprint density at radius 3 is 1.08 bits per heavy atom. The molecule has 4 nitrogen and oxygen atoms in total. The fraction of sp³-hybridized carbons (Fsp3) is 0.143. The third kappa shape index (κ3) is 4.09. The molecule has 6 aromatic carbocycles. The van der Waals surface area contributed by atoms with Gasteiger partial charge in [0.05, 0.1) is 14.2 Å². The van der Waals surface area contributed by atoms with Crippen LogP contribution in [0.5, 0.6) is 0 Å². The van der Waals surface area contributed by atoms with Crippen LogP contribution < -0.4 is 0 Å². The van der Waals surface area contributed by atoms with Crippen molar-refractivity contribution in [2.45, 2.75) is 12.8 Å². The van der Waals surface area contributed by atoms with Crippen LogP contribution in [0.3, 0.4) is 0 Å². The molecule has 0 N–H and O–H groups in total. The van der Waals surface area contributed by atoms with E-state index in [1.807, 2.05) is 72.8 Å². The van der Waals surface area contributed by atoms with E-state index < -0.39 is 17.4 Å². The molecule has 0 fully saturated rings. The molecule has 0 saturated heterocycles. The van der Waals surface area contributed by atoms with Crippen LogP contribution in [0.4, 0.5) is 0 Å². The van der Waals surface area contributed by atoms with Crippen molar-refractivity contribution in [1.29, 1.82) is 0 Å². The highest BCUT2D eigenvalue weighted by atomic mass is 16.5. The first-order valence-corrected chi connectivity index (χ1v) is 13.0. The predicted molar refractivity (Wildman–Crippen MR) is 157 cm³/mol. The van der Waals surface area contributed by atoms with Crippen LogP contribution >= 0.6 is 0 Å². The van der Waals surface area contributed by atoms with Crippen molar-refractivity contribution in [3.8, 4) is 0 Å². The van der Waals surface area contributed by atoms with Crippen LogP contribution in [0.2, 0.25) is 0 Å². The lowest BCUT2D eigenvalue weighted by atomic mass is 9.73. The van der Waals surface area contributed by atoms with Gasteiger partial charge in [-0.3, -0.25) is 9.59 Å². The van der Waals surface area contributed by atoms with Gasteiger partial charge in [-0.2, -0.15) is 0 Å². The molecular weight excluding hydrogens is 484 g/mol. The van der Waals surface area contributed by atoms with Crippen molar-refractivity contribution < 1.29 is 19.1 Å². The van der Waals surface area contributed by atoms with E-state index in [0.717, 1.165) is 54.2 Å². The number of hydrogen-bond donors (Lipinski definition) is 0. The average Bonchev–Trinajstić information content (AvgIpc) is 2.99. The molecule has 39 heavy (non-hydrogen) atoms. The SMILES string of the molecule is COC(=O)C(Cc1c2ccccc2cc2ccccc12)(Cc1c2ccccc2cc2ccccc12)C(=O)OC. The second-order valence-corrected chi connectivity index (χ2v) is 10.0. The number of rotatable bonds is 6. The monoisotopic (exact) mass is 512 g/mol. The van der Waals surface area contributed by atoms with Gasteiger partial charge in [-0.25, -0.2) is 0 Å². The van der Waals surface area contributed by atoms with Crippen LogP contribution in [0, 0.1) is 5.41 Å². The summed E-state index contributed by atoms with van der Waals surface area (Å²) in [6, 6.07) is 36.6. The zero-order chi connectivity index (χ0) is 27.0. The molecule has 6 aromatic rings. The Morgan fingerprint density at radius 2 is 0.795 bits per heavy atom. The molecule has 0 atom stereocenters. The normalized spacial score (nSPS) is 11.7. The molecule has 0 bridgehead atoms. The Labute approximate surface area is 226 Å². The van der Waals surface area contributed by atoms with Crippen molar-refractivity contribution >= 4 is 55.0 Å². The van der Waals surface area contributed by atoms with Crippen molar-refractivity contribution in [2.75, 3.05) is 14.2 Å². The number of carbonyl (C=O) groups excluding carboxylic acids is 2. The van der Waals surface area contributed by atoms with Crippen LogP contribution in [0.15, 0.2) is 109 Å². The molecule has 192 valence electrons. The number of carbonyl (C=O) groups is 2. The molecule has 0 heterocycles. The smallest absolute Gasteiger partial charge is 0.323 e. The Balaban J connectivity index is 1.66. The van der Waals surface area contributed by atoms with Crippen LogP contribution in [-0.4, -0.2) is 26.2 Å². The number of fused-ring (bicyclic) bond motifs is 4. The third-order valence-electron chi connectivity index (χ3n) is 7.88. The van der Waals surface area contributed by atoms with Crippen molar-refractivity contribution in [1.82, 2.24) is 0 Å². The summed E-state index contributed by atoms with van der Waals surface area (Å²) in [6.07, 6.45) is 0.261. The number of methoxy groups -OCH3 is 2. The highest BCUT2D eigenvalue weighted by Gasteiger charge is 2.49. The average molecular weight is 513 g/mol. The summed E-state index contributed by atoms with van der Waals surface area (Å²) in [5.41, 5.74) is 0.233. The van der Waals surface area contributed by atoms with Gasteiger partial charge in [0.1, 0.15) is 0 Å². The van der Waals surface area contributed by atoms with Gasteiger partial charge >= 0.3 is 11.9 Å². The molecule has 0 aliphatic carbocycles. The summed E-state index contributed by atoms with van der Waals surface area (Å²) >= 11 is 0. The second kappa shape index (κ2) is 9.88. The molecule has 0 aliphatic heterocycles. The van der Waals surface area contributed by atoms with Gasteiger partial charge in [-0.1, -0.05) is 97.1 Å². The van der Waals surface area contributed by atoms with Gasteiger partial charge < -0.3 is 9.47 Å². The van der Waals surface area contributed by atoms with Crippen LogP contribution in [0.1, 0.15) is 11.1 Å². The fourth-order valence-electron chi connectivity index (χ4n) is 6.03. The van der Waals surface area contributed by atoms with Crippen molar-refractivity contribution in [2.24, 2.45) is 5.41 Å². The maximum atomic E-state index is 13.9. The van der Waals surface area contributed by atoms with E-state index in [1.54, 1.807) is 0 Å². The molecule has 4 heteroatoms. The maximum Gasteiger partial charge on any atom is 0.323 e. The van der Waals surface area contributed by atoms with Gasteiger partial charge in [-0.05, 0) is 66.3 Å². The van der Waals surface area contributed by atoms with Gasteiger partial charge in [0.25, 0.3) is 0 Å². The summed E-state index contributed by atoms with van der Waals surface area (Å²) in [5, 5.41) is 8.17. The quantitative estimate of drug-likeness (QED) is 0.132. The standard InChI is InChI=1S/C35H28O4/c1-38-33(36)35(34(37)39-2,21-31-27-15-7-3-11-23(27)19-24-12-4-8-16-28(24)31)22-32-29-17-9-5-13-25(29)20-26-14-6-10-18-30(26)32/h3-20H,21-22H2,1-2H3.